The maximum Gasteiger partial charge on any atom is 0.355 e. The molecule has 1 unspecified atom stereocenters. The van der Waals surface area contributed by atoms with E-state index in [0.717, 1.165) is 0 Å². The summed E-state index contributed by atoms with van der Waals surface area (Å²) in [5.41, 5.74) is 1.20. The average molecular weight is 624 g/mol. The summed E-state index contributed by atoms with van der Waals surface area (Å²) in [6.45, 7) is 10.6. The van der Waals surface area contributed by atoms with Crippen molar-refractivity contribution in [3.8, 4) is 11.3 Å². The molecular formula is C33H31F2N9O2. The number of hydrogen-bond acceptors (Lipinski definition) is 8. The van der Waals surface area contributed by atoms with Crippen molar-refractivity contribution in [1.29, 1.82) is 0 Å². The first kappa shape index (κ1) is 29.4. The number of pyridine rings is 1. The molecule has 13 heteroatoms. The van der Waals surface area contributed by atoms with Crippen molar-refractivity contribution >= 4 is 34.7 Å². The van der Waals surface area contributed by atoms with Crippen molar-refractivity contribution in [2.75, 3.05) is 24.5 Å². The number of carbonyl (C=O) groups excluding carboxylic acids is 1. The highest BCUT2D eigenvalue weighted by atomic mass is 19.1. The Balaban J connectivity index is 1.58. The van der Waals surface area contributed by atoms with E-state index in [1.165, 1.54) is 22.8 Å². The van der Waals surface area contributed by atoms with Crippen LogP contribution in [0.2, 0.25) is 0 Å². The number of carbonyl (C=O) groups is 1. The molecule has 1 aromatic carbocycles. The van der Waals surface area contributed by atoms with Gasteiger partial charge in [-0.25, -0.2) is 27.8 Å². The highest BCUT2D eigenvalue weighted by Crippen LogP contribution is 2.39. The molecule has 3 aromatic heterocycles. The van der Waals surface area contributed by atoms with Gasteiger partial charge in [-0.15, -0.1) is 5.10 Å². The lowest BCUT2D eigenvalue weighted by molar-refractivity contribution is -0.126. The van der Waals surface area contributed by atoms with Gasteiger partial charge in [-0.1, -0.05) is 43.8 Å². The molecule has 1 amide bonds. The third-order valence-electron chi connectivity index (χ3n) is 8.68. The minimum Gasteiger partial charge on any atom is -0.350 e. The number of allylic oxidation sites excluding steroid dienone is 4. The molecule has 3 aliphatic heterocycles. The number of amides is 1. The molecule has 0 radical (unpaired) electrons. The zero-order chi connectivity index (χ0) is 32.3. The molecule has 2 atom stereocenters. The monoisotopic (exact) mass is 623 g/mol. The molecule has 0 spiro atoms. The van der Waals surface area contributed by atoms with Crippen LogP contribution in [0.5, 0.6) is 0 Å². The average Bonchev–Trinajstić information content (AvgIpc) is 3.37. The van der Waals surface area contributed by atoms with Crippen LogP contribution in [0.25, 0.3) is 28.0 Å². The molecule has 1 fully saturated rings. The Hall–Kier alpha value is -5.33. The number of piperazine rings is 1. The van der Waals surface area contributed by atoms with Crippen LogP contribution in [0.1, 0.15) is 37.9 Å². The van der Waals surface area contributed by atoms with Gasteiger partial charge in [0.25, 0.3) is 0 Å². The van der Waals surface area contributed by atoms with Crippen LogP contribution in [0.3, 0.4) is 0 Å². The van der Waals surface area contributed by atoms with Crippen LogP contribution in [0.15, 0.2) is 70.8 Å². The fraction of sp³-hybridized carbons (Fsp3) is 0.303. The normalized spacial score (nSPS) is 19.2. The SMILES string of the molecule is C=CC(=O)N1CCN(c2nc(=O)n3c4nc(c(F)cc24)-c2c(F)cccc2Cn2cc(nn2)C2C=CC=NC(C(C)C)=C23)[C@@H](C)C1. The summed E-state index contributed by atoms with van der Waals surface area (Å²) in [5.74, 6) is -2.14. The molecule has 6 heterocycles. The van der Waals surface area contributed by atoms with Crippen LogP contribution >= 0.6 is 0 Å². The van der Waals surface area contributed by atoms with Crippen molar-refractivity contribution < 1.29 is 13.6 Å². The fourth-order valence-corrected chi connectivity index (χ4v) is 6.53. The van der Waals surface area contributed by atoms with Crippen molar-refractivity contribution in [3.63, 3.8) is 0 Å². The number of fused-ring (bicyclic) bond motifs is 8. The largest absolute Gasteiger partial charge is 0.355 e. The Morgan fingerprint density at radius 2 is 1.98 bits per heavy atom. The lowest BCUT2D eigenvalue weighted by atomic mass is 9.95. The van der Waals surface area contributed by atoms with E-state index in [4.69, 9.17) is 9.98 Å². The fourth-order valence-electron chi connectivity index (χ4n) is 6.53. The van der Waals surface area contributed by atoms with Crippen molar-refractivity contribution in [3.05, 3.63) is 94.3 Å². The van der Waals surface area contributed by atoms with Crippen LogP contribution < -0.4 is 10.6 Å². The number of benzene rings is 1. The standard InChI is InChI=1S/C33H31F2N9O2/c1-5-26(45)41-12-13-43(19(4)15-41)31-22-14-24(35)29-27-20(8-6-10-23(27)34)16-42-17-25(39-40-42)21-9-7-11-36-28(18(2)3)30(21)44(32(22)37-29)33(46)38-31/h5-11,14,17-19,21H,1,12-13,15-16H2,2-4H3/t19-,21?/m0/s1. The maximum absolute atomic E-state index is 16.3. The molecule has 1 saturated heterocycles. The Bertz CT molecular complexity index is 2080. The Morgan fingerprint density at radius 3 is 2.74 bits per heavy atom. The molecule has 0 saturated carbocycles. The van der Waals surface area contributed by atoms with E-state index < -0.39 is 23.2 Å². The smallest absolute Gasteiger partial charge is 0.350 e. The molecule has 0 aliphatic carbocycles. The molecule has 3 aliphatic rings. The molecule has 0 N–H and O–H groups in total. The second kappa shape index (κ2) is 11.2. The highest BCUT2D eigenvalue weighted by molar-refractivity contribution is 5.93. The summed E-state index contributed by atoms with van der Waals surface area (Å²) in [6, 6.07) is 5.49. The van der Waals surface area contributed by atoms with E-state index in [9.17, 15) is 9.59 Å². The second-order valence-electron chi connectivity index (χ2n) is 12.0. The lowest BCUT2D eigenvalue weighted by Gasteiger charge is -2.40. The van der Waals surface area contributed by atoms with E-state index in [2.05, 4.69) is 21.9 Å². The van der Waals surface area contributed by atoms with Crippen LogP contribution in [-0.4, -0.2) is 72.2 Å². The number of aromatic nitrogens is 6. The van der Waals surface area contributed by atoms with Gasteiger partial charge >= 0.3 is 5.69 Å². The minimum absolute atomic E-state index is 0.0322. The highest BCUT2D eigenvalue weighted by Gasteiger charge is 2.34. The summed E-state index contributed by atoms with van der Waals surface area (Å²) in [4.78, 5) is 44.3. The minimum atomic E-state index is -0.773. The Kier molecular flexibility index (Phi) is 7.18. The Morgan fingerprint density at radius 1 is 1.15 bits per heavy atom. The number of anilines is 1. The van der Waals surface area contributed by atoms with Gasteiger partial charge in [0, 0.05) is 43.7 Å². The molecule has 234 valence electrons. The number of nitrogens with zero attached hydrogens (tertiary/aromatic N) is 9. The van der Waals surface area contributed by atoms with E-state index in [1.807, 2.05) is 31.7 Å². The molecular weight excluding hydrogens is 592 g/mol. The van der Waals surface area contributed by atoms with Crippen LogP contribution in [-0.2, 0) is 11.3 Å². The van der Waals surface area contributed by atoms with Gasteiger partial charge in [-0.05, 0) is 42.7 Å². The molecule has 4 aromatic rings. The number of aliphatic imine (C=N–C) groups is 1. The summed E-state index contributed by atoms with van der Waals surface area (Å²) in [5, 5.41) is 9.02. The van der Waals surface area contributed by atoms with E-state index in [1.54, 1.807) is 40.2 Å². The van der Waals surface area contributed by atoms with Gasteiger partial charge < -0.3 is 9.80 Å². The van der Waals surface area contributed by atoms with Crippen LogP contribution in [0, 0.1) is 17.6 Å². The summed E-state index contributed by atoms with van der Waals surface area (Å²) in [6.07, 6.45) is 8.32. The third-order valence-corrected chi connectivity index (χ3v) is 8.68. The van der Waals surface area contributed by atoms with E-state index in [0.29, 0.717) is 42.3 Å². The van der Waals surface area contributed by atoms with Crippen molar-refractivity contribution in [2.45, 2.75) is 39.3 Å². The molecule has 7 rings (SSSR count). The van der Waals surface area contributed by atoms with Gasteiger partial charge in [-0.3, -0.25) is 9.79 Å². The first-order chi connectivity index (χ1) is 22.2. The predicted octanol–water partition coefficient (Wildman–Crippen LogP) is 4.16. The number of halogens is 2. The molecule has 46 heavy (non-hydrogen) atoms. The van der Waals surface area contributed by atoms with Gasteiger partial charge in [0.1, 0.15) is 23.1 Å². The van der Waals surface area contributed by atoms with Gasteiger partial charge in [-0.2, -0.15) is 4.98 Å². The van der Waals surface area contributed by atoms with Gasteiger partial charge in [0.15, 0.2) is 5.65 Å². The summed E-state index contributed by atoms with van der Waals surface area (Å²) in [7, 11) is 0. The number of rotatable bonds is 3. The second-order valence-corrected chi connectivity index (χ2v) is 12.0. The van der Waals surface area contributed by atoms with E-state index >= 15 is 8.78 Å². The summed E-state index contributed by atoms with van der Waals surface area (Å²) >= 11 is 0. The Labute approximate surface area is 262 Å². The predicted molar refractivity (Wildman–Crippen MR) is 170 cm³/mol. The lowest BCUT2D eigenvalue weighted by Crippen LogP contribution is -2.54. The quantitative estimate of drug-likeness (QED) is 0.315. The topological polar surface area (TPSA) is 114 Å². The molecule has 4 bridgehead atoms. The third kappa shape index (κ3) is 4.73. The van der Waals surface area contributed by atoms with Gasteiger partial charge in [0.2, 0.25) is 5.91 Å². The summed E-state index contributed by atoms with van der Waals surface area (Å²) < 4.78 is 34.9. The first-order valence-corrected chi connectivity index (χ1v) is 15.1. The number of hydrogen-bond donors (Lipinski definition) is 0. The zero-order valence-corrected chi connectivity index (χ0v) is 25.6. The van der Waals surface area contributed by atoms with Crippen LogP contribution in [0.4, 0.5) is 14.6 Å². The van der Waals surface area contributed by atoms with Crippen molar-refractivity contribution in [1.82, 2.24) is 34.4 Å². The van der Waals surface area contributed by atoms with E-state index in [-0.39, 0.29) is 52.5 Å². The van der Waals surface area contributed by atoms with Gasteiger partial charge in [0.05, 0.1) is 34.9 Å². The zero-order valence-electron chi connectivity index (χ0n) is 25.6. The maximum atomic E-state index is 16.3. The van der Waals surface area contributed by atoms with Crippen molar-refractivity contribution in [2.24, 2.45) is 10.9 Å². The first-order valence-electron chi connectivity index (χ1n) is 15.1. The molecule has 11 nitrogen and oxygen atoms in total.